The Labute approximate surface area is 124 Å². The van der Waals surface area contributed by atoms with Gasteiger partial charge in [0, 0.05) is 24.4 Å². The number of pyridine rings is 1. The number of nitrogens with two attached hydrogens (primary N) is 1. The first-order chi connectivity index (χ1) is 10.1. The Morgan fingerprint density at radius 2 is 1.62 bits per heavy atom. The van der Waals surface area contributed by atoms with E-state index in [1.807, 2.05) is 31.2 Å². The molecule has 0 fully saturated rings. The Kier molecular flexibility index (Phi) is 4.65. The van der Waals surface area contributed by atoms with Gasteiger partial charge in [0.15, 0.2) is 0 Å². The Morgan fingerprint density at radius 1 is 1.00 bits per heavy atom. The molecule has 1 aromatic carbocycles. The van der Waals surface area contributed by atoms with Crippen LogP contribution in [0, 0.1) is 6.92 Å². The van der Waals surface area contributed by atoms with E-state index >= 15 is 0 Å². The predicted octanol–water partition coefficient (Wildman–Crippen LogP) is 2.54. The number of benzene rings is 1. The quantitative estimate of drug-likeness (QED) is 0.915. The molecule has 112 valence electrons. The Balaban J connectivity index is 2.64. The van der Waals surface area contributed by atoms with Gasteiger partial charge in [-0.1, -0.05) is 6.07 Å². The average molecular weight is 288 g/mol. The molecule has 0 aliphatic heterocycles. The number of hydrogen-bond acceptors (Lipinski definition) is 5. The third-order valence-electron chi connectivity index (χ3n) is 3.39. The van der Waals surface area contributed by atoms with E-state index in [2.05, 4.69) is 4.98 Å². The molecule has 5 heteroatoms. The molecule has 0 spiro atoms. The van der Waals surface area contributed by atoms with E-state index < -0.39 is 0 Å². The summed E-state index contributed by atoms with van der Waals surface area (Å²) in [5.74, 6) is 1.97. The van der Waals surface area contributed by atoms with Crippen LogP contribution in [-0.2, 0) is 6.54 Å². The second-order valence-corrected chi connectivity index (χ2v) is 4.55. The third-order valence-corrected chi connectivity index (χ3v) is 3.39. The summed E-state index contributed by atoms with van der Waals surface area (Å²) < 4.78 is 16.2. The number of ether oxygens (including phenoxy) is 3. The largest absolute Gasteiger partial charge is 0.496 e. The van der Waals surface area contributed by atoms with Crippen LogP contribution in [0.3, 0.4) is 0 Å². The van der Waals surface area contributed by atoms with Crippen molar-refractivity contribution < 1.29 is 14.2 Å². The van der Waals surface area contributed by atoms with Gasteiger partial charge in [-0.2, -0.15) is 0 Å². The van der Waals surface area contributed by atoms with Crippen molar-refractivity contribution in [2.45, 2.75) is 13.5 Å². The van der Waals surface area contributed by atoms with Gasteiger partial charge in [-0.25, -0.2) is 0 Å². The molecule has 0 radical (unpaired) electrons. The number of aromatic nitrogens is 1. The molecule has 0 atom stereocenters. The maximum Gasteiger partial charge on any atom is 0.135 e. The molecule has 0 saturated heterocycles. The van der Waals surface area contributed by atoms with Crippen molar-refractivity contribution in [3.8, 4) is 28.5 Å². The Hall–Kier alpha value is -2.27. The van der Waals surface area contributed by atoms with Crippen LogP contribution in [0.15, 0.2) is 24.3 Å². The van der Waals surface area contributed by atoms with Gasteiger partial charge in [-0.3, -0.25) is 4.98 Å². The van der Waals surface area contributed by atoms with Gasteiger partial charge in [0.05, 0.1) is 32.6 Å². The summed E-state index contributed by atoms with van der Waals surface area (Å²) in [6.45, 7) is 2.41. The van der Waals surface area contributed by atoms with Crippen molar-refractivity contribution in [2.75, 3.05) is 21.3 Å². The minimum atomic E-state index is 0.468. The highest BCUT2D eigenvalue weighted by atomic mass is 16.5. The van der Waals surface area contributed by atoms with E-state index in [1.165, 1.54) is 0 Å². The van der Waals surface area contributed by atoms with E-state index in [-0.39, 0.29) is 0 Å². The molecule has 0 aliphatic carbocycles. The topological polar surface area (TPSA) is 66.6 Å². The van der Waals surface area contributed by atoms with E-state index in [0.717, 1.165) is 22.5 Å². The van der Waals surface area contributed by atoms with E-state index in [9.17, 15) is 0 Å². The zero-order valence-corrected chi connectivity index (χ0v) is 12.8. The molecular formula is C16H20N2O3. The van der Waals surface area contributed by atoms with Crippen LogP contribution in [0.25, 0.3) is 11.3 Å². The van der Waals surface area contributed by atoms with Crippen LogP contribution in [0.5, 0.6) is 17.2 Å². The van der Waals surface area contributed by atoms with Gasteiger partial charge in [0.1, 0.15) is 17.2 Å². The molecule has 1 heterocycles. The molecule has 21 heavy (non-hydrogen) atoms. The fourth-order valence-corrected chi connectivity index (χ4v) is 2.20. The lowest BCUT2D eigenvalue weighted by Gasteiger charge is -2.15. The maximum atomic E-state index is 5.68. The maximum absolute atomic E-state index is 5.68. The molecule has 2 rings (SSSR count). The fraction of sp³-hybridized carbons (Fsp3) is 0.312. The lowest BCUT2D eigenvalue weighted by Crippen LogP contribution is -2.02. The normalized spacial score (nSPS) is 10.3. The van der Waals surface area contributed by atoms with Gasteiger partial charge < -0.3 is 19.9 Å². The smallest absolute Gasteiger partial charge is 0.135 e. The van der Waals surface area contributed by atoms with Gasteiger partial charge in [0.2, 0.25) is 0 Å². The van der Waals surface area contributed by atoms with E-state index in [1.54, 1.807) is 21.3 Å². The SMILES string of the molecule is COc1cc(OC)c(-c2ccc(CN)c(C)n2)c(OC)c1. The summed E-state index contributed by atoms with van der Waals surface area (Å²) in [4.78, 5) is 4.61. The highest BCUT2D eigenvalue weighted by molar-refractivity contribution is 5.76. The second kappa shape index (κ2) is 6.45. The molecule has 5 nitrogen and oxygen atoms in total. The minimum Gasteiger partial charge on any atom is -0.496 e. The number of aryl methyl sites for hydroxylation is 1. The lowest BCUT2D eigenvalue weighted by atomic mass is 10.1. The molecule has 0 bridgehead atoms. The molecule has 0 saturated carbocycles. The summed E-state index contributed by atoms with van der Waals surface area (Å²) >= 11 is 0. The standard InChI is InChI=1S/C16H20N2O3/c1-10-11(9-17)5-6-13(18-10)16-14(20-3)7-12(19-2)8-15(16)21-4/h5-8H,9,17H2,1-4H3. The van der Waals surface area contributed by atoms with Crippen molar-refractivity contribution in [3.63, 3.8) is 0 Å². The molecule has 2 aromatic rings. The number of nitrogens with zero attached hydrogens (tertiary/aromatic N) is 1. The summed E-state index contributed by atoms with van der Waals surface area (Å²) in [6.07, 6.45) is 0. The summed E-state index contributed by atoms with van der Waals surface area (Å²) in [5, 5.41) is 0. The molecule has 0 unspecified atom stereocenters. The highest BCUT2D eigenvalue weighted by Gasteiger charge is 2.17. The summed E-state index contributed by atoms with van der Waals surface area (Å²) in [5.41, 5.74) is 9.18. The van der Waals surface area contributed by atoms with Crippen molar-refractivity contribution in [2.24, 2.45) is 5.73 Å². The van der Waals surface area contributed by atoms with Crippen LogP contribution in [-0.4, -0.2) is 26.3 Å². The van der Waals surface area contributed by atoms with Crippen LogP contribution < -0.4 is 19.9 Å². The van der Waals surface area contributed by atoms with Gasteiger partial charge in [0.25, 0.3) is 0 Å². The van der Waals surface area contributed by atoms with E-state index in [0.29, 0.717) is 23.8 Å². The molecular weight excluding hydrogens is 268 g/mol. The monoisotopic (exact) mass is 288 g/mol. The molecule has 1 aromatic heterocycles. The first-order valence-electron chi connectivity index (χ1n) is 6.61. The van der Waals surface area contributed by atoms with Crippen molar-refractivity contribution in [1.82, 2.24) is 4.98 Å². The van der Waals surface area contributed by atoms with Crippen LogP contribution in [0.1, 0.15) is 11.3 Å². The molecule has 2 N–H and O–H groups in total. The lowest BCUT2D eigenvalue weighted by molar-refractivity contribution is 0.377. The Bertz CT molecular complexity index is 616. The second-order valence-electron chi connectivity index (χ2n) is 4.55. The van der Waals surface area contributed by atoms with Crippen LogP contribution in [0.4, 0.5) is 0 Å². The van der Waals surface area contributed by atoms with Crippen LogP contribution >= 0.6 is 0 Å². The first kappa shape index (κ1) is 15.1. The van der Waals surface area contributed by atoms with Crippen LogP contribution in [0.2, 0.25) is 0 Å². The zero-order valence-electron chi connectivity index (χ0n) is 12.8. The van der Waals surface area contributed by atoms with Crippen molar-refractivity contribution in [1.29, 1.82) is 0 Å². The van der Waals surface area contributed by atoms with Gasteiger partial charge in [-0.05, 0) is 18.6 Å². The first-order valence-corrected chi connectivity index (χ1v) is 6.61. The number of methoxy groups -OCH3 is 3. The predicted molar refractivity (Wildman–Crippen MR) is 82.0 cm³/mol. The number of hydrogen-bond donors (Lipinski definition) is 1. The fourth-order valence-electron chi connectivity index (χ4n) is 2.20. The highest BCUT2D eigenvalue weighted by Crippen LogP contribution is 2.41. The van der Waals surface area contributed by atoms with Crippen molar-refractivity contribution >= 4 is 0 Å². The summed E-state index contributed by atoms with van der Waals surface area (Å²) in [6, 6.07) is 7.51. The van der Waals surface area contributed by atoms with Gasteiger partial charge in [-0.15, -0.1) is 0 Å². The summed E-state index contributed by atoms with van der Waals surface area (Å²) in [7, 11) is 4.82. The molecule has 0 amide bonds. The van der Waals surface area contributed by atoms with Crippen molar-refractivity contribution in [3.05, 3.63) is 35.5 Å². The van der Waals surface area contributed by atoms with E-state index in [4.69, 9.17) is 19.9 Å². The third kappa shape index (κ3) is 2.92. The Morgan fingerprint density at radius 3 is 2.05 bits per heavy atom. The van der Waals surface area contributed by atoms with Gasteiger partial charge >= 0.3 is 0 Å². The average Bonchev–Trinajstić information content (AvgIpc) is 2.53. The zero-order chi connectivity index (χ0) is 15.4. The molecule has 0 aliphatic rings. The number of rotatable bonds is 5. The minimum absolute atomic E-state index is 0.468.